The van der Waals surface area contributed by atoms with Gasteiger partial charge in [-0.25, -0.2) is 9.38 Å². The van der Waals surface area contributed by atoms with Crippen LogP contribution in [0.5, 0.6) is 0 Å². The first-order chi connectivity index (χ1) is 12.8. The Kier molecular flexibility index (Phi) is 5.46. The van der Waals surface area contributed by atoms with Gasteiger partial charge in [0.15, 0.2) is 0 Å². The number of pyridine rings is 1. The molecule has 1 aliphatic rings. The van der Waals surface area contributed by atoms with Crippen LogP contribution in [0.4, 0.5) is 13.2 Å². The maximum Gasteiger partial charge on any atom is 0.296 e. The molecule has 0 bridgehead atoms. The van der Waals surface area contributed by atoms with Crippen molar-refractivity contribution in [3.05, 3.63) is 76.3 Å². The minimum Gasteiger partial charge on any atom is -0.265 e. The Morgan fingerprint density at radius 3 is 2.78 bits per heavy atom. The molecule has 1 aromatic heterocycles. The fourth-order valence-electron chi connectivity index (χ4n) is 3.00. The van der Waals surface area contributed by atoms with Crippen LogP contribution in [0, 0.1) is 5.82 Å². The Hall–Kier alpha value is -2.47. The van der Waals surface area contributed by atoms with Crippen LogP contribution in [0.25, 0.3) is 0 Å². The Bertz CT molecular complexity index is 941. The minimum atomic E-state index is -3.33. The molecule has 2 aromatic rings. The van der Waals surface area contributed by atoms with E-state index in [0.717, 1.165) is 6.07 Å². The van der Waals surface area contributed by atoms with Gasteiger partial charge in [0.05, 0.1) is 5.56 Å². The minimum absolute atomic E-state index is 0.231. The topological polar surface area (TPSA) is 42.3 Å². The van der Waals surface area contributed by atoms with Crippen LogP contribution in [0.2, 0.25) is 5.02 Å². The van der Waals surface area contributed by atoms with Crippen LogP contribution in [-0.2, 0) is 5.92 Å². The van der Waals surface area contributed by atoms with Gasteiger partial charge in [-0.1, -0.05) is 23.7 Å². The molecule has 0 saturated heterocycles. The summed E-state index contributed by atoms with van der Waals surface area (Å²) in [7, 11) is 0. The Labute approximate surface area is 159 Å². The fraction of sp³-hybridized carbons (Fsp3) is 0.250. The van der Waals surface area contributed by atoms with Crippen LogP contribution in [-0.4, -0.2) is 16.6 Å². The number of hydrogen-bond donors (Lipinski definition) is 0. The molecule has 0 radical (unpaired) electrons. The maximum absolute atomic E-state index is 14.3. The number of hydrogen-bond acceptors (Lipinski definition) is 2. The number of rotatable bonds is 4. The van der Waals surface area contributed by atoms with Crippen molar-refractivity contribution in [2.75, 3.05) is 0 Å². The fourth-order valence-corrected chi connectivity index (χ4v) is 3.30. The van der Waals surface area contributed by atoms with Gasteiger partial charge in [0, 0.05) is 22.8 Å². The molecule has 1 heterocycles. The normalized spacial score (nSPS) is 18.7. The number of aliphatic imine (C=N–C) groups is 1. The van der Waals surface area contributed by atoms with E-state index in [-0.39, 0.29) is 16.6 Å². The molecule has 1 unspecified atom stereocenters. The number of allylic oxidation sites excluding steroid dienone is 2. The van der Waals surface area contributed by atoms with Gasteiger partial charge in [0.25, 0.3) is 11.8 Å². The molecule has 0 aliphatic heterocycles. The Morgan fingerprint density at radius 1 is 1.37 bits per heavy atom. The van der Waals surface area contributed by atoms with Gasteiger partial charge in [0.2, 0.25) is 0 Å². The summed E-state index contributed by atoms with van der Waals surface area (Å²) >= 11 is 6.08. The summed E-state index contributed by atoms with van der Waals surface area (Å²) < 4.78 is 41.8. The highest BCUT2D eigenvalue weighted by Gasteiger charge is 2.35. The van der Waals surface area contributed by atoms with Crippen LogP contribution < -0.4 is 0 Å². The first kappa shape index (κ1) is 19.3. The quantitative estimate of drug-likeness (QED) is 0.626. The number of aromatic nitrogens is 1. The first-order valence-corrected chi connectivity index (χ1v) is 8.75. The highest BCUT2D eigenvalue weighted by atomic mass is 35.5. The highest BCUT2D eigenvalue weighted by molar-refractivity contribution is 6.31. The van der Waals surface area contributed by atoms with E-state index in [1.54, 1.807) is 6.07 Å². The van der Waals surface area contributed by atoms with Crippen molar-refractivity contribution in [2.24, 2.45) is 4.99 Å². The van der Waals surface area contributed by atoms with Gasteiger partial charge in [-0.05, 0) is 55.7 Å². The van der Waals surface area contributed by atoms with Crippen LogP contribution in [0.15, 0.2) is 53.7 Å². The average Bonchev–Trinajstić information content (AvgIpc) is 2.61. The highest BCUT2D eigenvalue weighted by Crippen LogP contribution is 2.38. The lowest BCUT2D eigenvalue weighted by Crippen LogP contribution is -2.26. The zero-order valence-corrected chi connectivity index (χ0v) is 15.2. The molecule has 7 heteroatoms. The lowest BCUT2D eigenvalue weighted by molar-refractivity contribution is 0.0498. The van der Waals surface area contributed by atoms with Gasteiger partial charge in [0.1, 0.15) is 11.5 Å². The molecular formula is C20H16ClF3N2O. The van der Waals surface area contributed by atoms with E-state index in [2.05, 4.69) is 9.98 Å². The first-order valence-electron chi connectivity index (χ1n) is 8.37. The van der Waals surface area contributed by atoms with Gasteiger partial charge < -0.3 is 0 Å². The molecule has 1 atom stereocenters. The monoisotopic (exact) mass is 392 g/mol. The summed E-state index contributed by atoms with van der Waals surface area (Å²) in [5, 5.41) is 0.248. The molecule has 1 amide bonds. The van der Waals surface area contributed by atoms with Crippen molar-refractivity contribution in [1.29, 1.82) is 0 Å². The van der Waals surface area contributed by atoms with Gasteiger partial charge in [-0.15, -0.1) is 0 Å². The molecule has 1 aliphatic carbocycles. The lowest BCUT2D eigenvalue weighted by Gasteiger charge is -2.29. The summed E-state index contributed by atoms with van der Waals surface area (Å²) in [5.74, 6) is -4.84. The molecule has 1 saturated carbocycles. The summed E-state index contributed by atoms with van der Waals surface area (Å²) in [6.45, 7) is 1.47. The second-order valence-corrected chi connectivity index (χ2v) is 6.60. The third-order valence-electron chi connectivity index (χ3n) is 4.42. The second-order valence-electron chi connectivity index (χ2n) is 6.19. The van der Waals surface area contributed by atoms with Crippen molar-refractivity contribution in [3.8, 4) is 0 Å². The molecule has 1 fully saturated rings. The molecule has 1 aromatic carbocycles. The standard InChI is InChI=1S/C20H16ClF3N2O/c1-2-9-20(23,24)15-4-3-10-25-18(15)19(27)26-17-8-7-14(17)13-6-5-12(22)11-16(13)21/h2-6,9-11,14H,7-8H2,1H3/b9-2+,26-17?. The van der Waals surface area contributed by atoms with E-state index in [4.69, 9.17) is 11.6 Å². The van der Waals surface area contributed by atoms with E-state index < -0.39 is 23.2 Å². The molecule has 0 N–H and O–H groups in total. The number of alkyl halides is 2. The predicted octanol–water partition coefficient (Wildman–Crippen LogP) is 5.70. The van der Waals surface area contributed by atoms with Gasteiger partial charge >= 0.3 is 0 Å². The van der Waals surface area contributed by atoms with Gasteiger partial charge in [-0.2, -0.15) is 8.78 Å². The van der Waals surface area contributed by atoms with E-state index in [0.29, 0.717) is 30.2 Å². The number of carbonyl (C=O) groups is 1. The molecule has 3 nitrogen and oxygen atoms in total. The maximum atomic E-state index is 14.3. The van der Waals surface area contributed by atoms with Crippen molar-refractivity contribution in [1.82, 2.24) is 4.98 Å². The average molecular weight is 393 g/mol. The SMILES string of the molecule is C/C=C/C(F)(F)c1cccnc1C(=O)N=C1CCC1c1ccc(F)cc1Cl. The smallest absolute Gasteiger partial charge is 0.265 e. The van der Waals surface area contributed by atoms with E-state index >= 15 is 0 Å². The van der Waals surface area contributed by atoms with Crippen molar-refractivity contribution < 1.29 is 18.0 Å². The number of nitrogens with zero attached hydrogens (tertiary/aromatic N) is 2. The summed E-state index contributed by atoms with van der Waals surface area (Å²) in [4.78, 5) is 20.4. The summed E-state index contributed by atoms with van der Waals surface area (Å²) in [5.41, 5.74) is 0.313. The van der Waals surface area contributed by atoms with Crippen molar-refractivity contribution >= 4 is 23.2 Å². The zero-order valence-electron chi connectivity index (χ0n) is 14.4. The molecule has 27 heavy (non-hydrogen) atoms. The third kappa shape index (κ3) is 3.95. The number of halogens is 4. The van der Waals surface area contributed by atoms with Crippen LogP contribution in [0.3, 0.4) is 0 Å². The lowest BCUT2D eigenvalue weighted by atomic mass is 9.77. The number of amides is 1. The zero-order chi connectivity index (χ0) is 19.6. The van der Waals surface area contributed by atoms with E-state index in [9.17, 15) is 18.0 Å². The molecule has 0 spiro atoms. The largest absolute Gasteiger partial charge is 0.296 e. The number of benzene rings is 1. The number of carbonyl (C=O) groups excluding carboxylic acids is 1. The second kappa shape index (κ2) is 7.64. The summed E-state index contributed by atoms with van der Waals surface area (Å²) in [6.07, 6.45) is 4.43. The molecular weight excluding hydrogens is 377 g/mol. The molecule has 3 rings (SSSR count). The van der Waals surface area contributed by atoms with Crippen molar-refractivity contribution in [2.45, 2.75) is 31.6 Å². The Morgan fingerprint density at radius 2 is 2.15 bits per heavy atom. The summed E-state index contributed by atoms with van der Waals surface area (Å²) in [6, 6.07) is 6.54. The van der Waals surface area contributed by atoms with Gasteiger partial charge in [-0.3, -0.25) is 9.78 Å². The van der Waals surface area contributed by atoms with E-state index in [1.165, 1.54) is 37.4 Å². The van der Waals surface area contributed by atoms with E-state index in [1.807, 2.05) is 0 Å². The van der Waals surface area contributed by atoms with Crippen LogP contribution >= 0.6 is 11.6 Å². The van der Waals surface area contributed by atoms with Crippen molar-refractivity contribution in [3.63, 3.8) is 0 Å². The third-order valence-corrected chi connectivity index (χ3v) is 4.75. The predicted molar refractivity (Wildman–Crippen MR) is 98.1 cm³/mol. The Balaban J connectivity index is 1.92. The van der Waals surface area contributed by atoms with Crippen LogP contribution in [0.1, 0.15) is 47.3 Å². The molecule has 140 valence electrons.